The molecular weight excluding hydrogens is 154 g/mol. The second-order valence-electron chi connectivity index (χ2n) is 3.23. The Morgan fingerprint density at radius 1 is 1.67 bits per heavy atom. The minimum absolute atomic E-state index is 0.422. The molecule has 1 aliphatic heterocycles. The predicted octanol–water partition coefficient (Wildman–Crippen LogP) is 0.187. The first-order valence-corrected chi connectivity index (χ1v) is 4.56. The number of nitrogens with one attached hydrogen (secondary N) is 2. The molecule has 1 heterocycles. The lowest BCUT2D eigenvalue weighted by Crippen LogP contribution is -2.31. The molecule has 70 valence electrons. The second-order valence-corrected chi connectivity index (χ2v) is 3.23. The minimum atomic E-state index is -0.422. The van der Waals surface area contributed by atoms with Gasteiger partial charge >= 0.3 is 6.03 Å². The van der Waals surface area contributed by atoms with Gasteiger partial charge in [0.2, 0.25) is 0 Å². The molecule has 4 N–H and O–H groups in total. The van der Waals surface area contributed by atoms with E-state index in [1.165, 1.54) is 12.8 Å². The van der Waals surface area contributed by atoms with Crippen LogP contribution in [0.2, 0.25) is 0 Å². The summed E-state index contributed by atoms with van der Waals surface area (Å²) in [6.45, 7) is 1.85. The maximum absolute atomic E-state index is 10.3. The van der Waals surface area contributed by atoms with E-state index in [9.17, 15) is 4.79 Å². The minimum Gasteiger partial charge on any atom is -0.352 e. The van der Waals surface area contributed by atoms with Crippen LogP contribution in [0.1, 0.15) is 25.7 Å². The van der Waals surface area contributed by atoms with E-state index in [4.69, 9.17) is 5.73 Å². The molecule has 0 saturated carbocycles. The van der Waals surface area contributed by atoms with Crippen LogP contribution in [-0.4, -0.2) is 25.2 Å². The number of carbonyl (C=O) groups excluding carboxylic acids is 1. The third-order valence-electron chi connectivity index (χ3n) is 2.19. The zero-order valence-electron chi connectivity index (χ0n) is 7.31. The van der Waals surface area contributed by atoms with Crippen molar-refractivity contribution >= 4 is 6.03 Å². The van der Waals surface area contributed by atoms with E-state index in [0.29, 0.717) is 12.6 Å². The molecule has 0 aromatic heterocycles. The van der Waals surface area contributed by atoms with Crippen molar-refractivity contribution in [1.82, 2.24) is 10.6 Å². The van der Waals surface area contributed by atoms with Gasteiger partial charge in [-0.3, -0.25) is 0 Å². The standard InChI is InChI=1S/C8H17N3O/c9-8(12)11-6-2-4-7-3-1-5-10-7/h7,10H,1-6H2,(H3,9,11,12). The van der Waals surface area contributed by atoms with Gasteiger partial charge < -0.3 is 16.4 Å². The summed E-state index contributed by atoms with van der Waals surface area (Å²) in [6.07, 6.45) is 4.71. The van der Waals surface area contributed by atoms with Crippen molar-refractivity contribution in [3.63, 3.8) is 0 Å². The highest BCUT2D eigenvalue weighted by molar-refractivity contribution is 5.71. The van der Waals surface area contributed by atoms with E-state index in [-0.39, 0.29) is 0 Å². The molecular formula is C8H17N3O. The van der Waals surface area contributed by atoms with E-state index in [0.717, 1.165) is 19.4 Å². The van der Waals surface area contributed by atoms with E-state index in [2.05, 4.69) is 10.6 Å². The summed E-state index contributed by atoms with van der Waals surface area (Å²) in [4.78, 5) is 10.3. The number of nitrogens with two attached hydrogens (primary N) is 1. The maximum Gasteiger partial charge on any atom is 0.312 e. The highest BCUT2D eigenvalue weighted by atomic mass is 16.2. The molecule has 0 bridgehead atoms. The maximum atomic E-state index is 10.3. The summed E-state index contributed by atoms with van der Waals surface area (Å²) in [6, 6.07) is 0.244. The smallest absolute Gasteiger partial charge is 0.312 e. The fraction of sp³-hybridized carbons (Fsp3) is 0.875. The molecule has 0 spiro atoms. The lowest BCUT2D eigenvalue weighted by Gasteiger charge is -2.08. The molecule has 12 heavy (non-hydrogen) atoms. The lowest BCUT2D eigenvalue weighted by atomic mass is 10.1. The van der Waals surface area contributed by atoms with E-state index in [1.807, 2.05) is 0 Å². The topological polar surface area (TPSA) is 67.2 Å². The number of urea groups is 1. The van der Waals surface area contributed by atoms with Gasteiger partial charge in [0.1, 0.15) is 0 Å². The Morgan fingerprint density at radius 2 is 2.50 bits per heavy atom. The molecule has 1 unspecified atom stereocenters. The number of hydrogen-bond acceptors (Lipinski definition) is 2. The average Bonchev–Trinajstić information content (AvgIpc) is 2.49. The number of rotatable bonds is 4. The van der Waals surface area contributed by atoms with Crippen molar-refractivity contribution in [1.29, 1.82) is 0 Å². The van der Waals surface area contributed by atoms with Crippen molar-refractivity contribution in [2.24, 2.45) is 5.73 Å². The van der Waals surface area contributed by atoms with Gasteiger partial charge in [-0.25, -0.2) is 4.79 Å². The first kappa shape index (κ1) is 9.32. The Labute approximate surface area is 72.9 Å². The summed E-state index contributed by atoms with van der Waals surface area (Å²) < 4.78 is 0. The van der Waals surface area contributed by atoms with Crippen LogP contribution in [0, 0.1) is 0 Å². The molecule has 4 nitrogen and oxygen atoms in total. The molecule has 0 radical (unpaired) electrons. The SMILES string of the molecule is NC(=O)NCCCC1CCCN1. The Balaban J connectivity index is 1.91. The van der Waals surface area contributed by atoms with Crippen molar-refractivity contribution in [3.05, 3.63) is 0 Å². The number of primary amides is 1. The Bertz CT molecular complexity index is 143. The molecule has 1 rings (SSSR count). The zero-order chi connectivity index (χ0) is 8.81. The van der Waals surface area contributed by atoms with Gasteiger partial charge in [-0.2, -0.15) is 0 Å². The van der Waals surface area contributed by atoms with Crippen LogP contribution < -0.4 is 16.4 Å². The average molecular weight is 171 g/mol. The van der Waals surface area contributed by atoms with Gasteiger partial charge in [0.15, 0.2) is 0 Å². The van der Waals surface area contributed by atoms with Crippen LogP contribution in [0.4, 0.5) is 4.79 Å². The van der Waals surface area contributed by atoms with Crippen molar-refractivity contribution in [3.8, 4) is 0 Å². The molecule has 2 amide bonds. The largest absolute Gasteiger partial charge is 0.352 e. The summed E-state index contributed by atoms with van der Waals surface area (Å²) in [7, 11) is 0. The summed E-state index contributed by atoms with van der Waals surface area (Å²) in [5, 5.41) is 5.98. The zero-order valence-corrected chi connectivity index (χ0v) is 7.31. The molecule has 0 aromatic rings. The predicted molar refractivity (Wildman–Crippen MR) is 47.8 cm³/mol. The van der Waals surface area contributed by atoms with Crippen molar-refractivity contribution < 1.29 is 4.79 Å². The molecule has 0 aliphatic carbocycles. The molecule has 0 aromatic carbocycles. The monoisotopic (exact) mass is 171 g/mol. The molecule has 1 atom stereocenters. The third-order valence-corrected chi connectivity index (χ3v) is 2.19. The quantitative estimate of drug-likeness (QED) is 0.528. The summed E-state index contributed by atoms with van der Waals surface area (Å²) in [5.41, 5.74) is 4.92. The lowest BCUT2D eigenvalue weighted by molar-refractivity contribution is 0.248. The Kier molecular flexibility index (Phi) is 3.87. The van der Waals surface area contributed by atoms with Gasteiger partial charge in [0.05, 0.1) is 0 Å². The van der Waals surface area contributed by atoms with Gasteiger partial charge in [0.25, 0.3) is 0 Å². The normalized spacial score (nSPS) is 22.5. The van der Waals surface area contributed by atoms with Gasteiger partial charge in [0, 0.05) is 12.6 Å². The number of hydrogen-bond donors (Lipinski definition) is 3. The Morgan fingerprint density at radius 3 is 3.08 bits per heavy atom. The molecule has 4 heteroatoms. The van der Waals surface area contributed by atoms with E-state index >= 15 is 0 Å². The fourth-order valence-electron chi connectivity index (χ4n) is 1.56. The fourth-order valence-corrected chi connectivity index (χ4v) is 1.56. The summed E-state index contributed by atoms with van der Waals surface area (Å²) in [5.74, 6) is 0. The van der Waals surface area contributed by atoms with E-state index in [1.54, 1.807) is 0 Å². The first-order chi connectivity index (χ1) is 5.79. The number of amides is 2. The Hall–Kier alpha value is -0.770. The van der Waals surface area contributed by atoms with Crippen molar-refractivity contribution in [2.75, 3.05) is 13.1 Å². The van der Waals surface area contributed by atoms with Crippen LogP contribution in [-0.2, 0) is 0 Å². The van der Waals surface area contributed by atoms with Gasteiger partial charge in [-0.05, 0) is 32.2 Å². The molecule has 1 aliphatic rings. The molecule has 1 fully saturated rings. The van der Waals surface area contributed by atoms with Crippen LogP contribution >= 0.6 is 0 Å². The van der Waals surface area contributed by atoms with Gasteiger partial charge in [-0.15, -0.1) is 0 Å². The molecule has 1 saturated heterocycles. The highest BCUT2D eigenvalue weighted by Crippen LogP contribution is 2.09. The van der Waals surface area contributed by atoms with Crippen LogP contribution in [0.25, 0.3) is 0 Å². The number of carbonyl (C=O) groups is 1. The third kappa shape index (κ3) is 3.57. The van der Waals surface area contributed by atoms with Crippen molar-refractivity contribution in [2.45, 2.75) is 31.7 Å². The van der Waals surface area contributed by atoms with Crippen LogP contribution in [0.15, 0.2) is 0 Å². The second kappa shape index (κ2) is 4.98. The van der Waals surface area contributed by atoms with Gasteiger partial charge in [-0.1, -0.05) is 0 Å². The highest BCUT2D eigenvalue weighted by Gasteiger charge is 2.12. The first-order valence-electron chi connectivity index (χ1n) is 4.56. The van der Waals surface area contributed by atoms with Crippen LogP contribution in [0.3, 0.4) is 0 Å². The summed E-state index contributed by atoms with van der Waals surface area (Å²) >= 11 is 0. The van der Waals surface area contributed by atoms with E-state index < -0.39 is 6.03 Å². The van der Waals surface area contributed by atoms with Crippen LogP contribution in [0.5, 0.6) is 0 Å².